The molecule has 7 heteroatoms. The van der Waals surface area contributed by atoms with Crippen LogP contribution in [0.2, 0.25) is 0 Å². The molecule has 104 valence electrons. The van der Waals surface area contributed by atoms with Crippen molar-refractivity contribution in [1.29, 1.82) is 0 Å². The minimum Gasteiger partial charge on any atom is -0.481 e. The molecule has 2 N–H and O–H groups in total. The molecule has 7 nitrogen and oxygen atoms in total. The number of nitrogens with two attached hydrogens (primary N) is 1. The van der Waals surface area contributed by atoms with E-state index in [0.717, 1.165) is 5.56 Å². The summed E-state index contributed by atoms with van der Waals surface area (Å²) in [6.45, 7) is 1.79. The van der Waals surface area contributed by atoms with Gasteiger partial charge < -0.3 is 15.2 Å². The molecule has 2 aromatic rings. The van der Waals surface area contributed by atoms with E-state index < -0.39 is 4.92 Å². The number of methoxy groups -OCH3 is 1. The third-order valence-electron chi connectivity index (χ3n) is 2.63. The Morgan fingerprint density at radius 2 is 2.05 bits per heavy atom. The first-order valence-corrected chi connectivity index (χ1v) is 5.74. The minimum absolute atomic E-state index is 0.123. The van der Waals surface area contributed by atoms with Crippen LogP contribution >= 0.6 is 0 Å². The zero-order valence-corrected chi connectivity index (χ0v) is 11.0. The Balaban J connectivity index is 2.43. The lowest BCUT2D eigenvalue weighted by Crippen LogP contribution is -1.99. The minimum atomic E-state index is -0.561. The number of hydrogen-bond acceptors (Lipinski definition) is 6. The Hall–Kier alpha value is -2.83. The van der Waals surface area contributed by atoms with Crippen LogP contribution in [0.25, 0.3) is 0 Å². The highest BCUT2D eigenvalue weighted by Crippen LogP contribution is 2.33. The van der Waals surface area contributed by atoms with Gasteiger partial charge in [-0.15, -0.1) is 0 Å². The van der Waals surface area contributed by atoms with Crippen molar-refractivity contribution >= 4 is 11.4 Å². The number of aromatic nitrogens is 1. The number of rotatable bonds is 4. The molecule has 2 rings (SSSR count). The number of aryl methyl sites for hydroxylation is 1. The van der Waals surface area contributed by atoms with Crippen molar-refractivity contribution < 1.29 is 14.4 Å². The maximum Gasteiger partial charge on any atom is 0.331 e. The number of nitrogen functional groups attached to an aromatic ring is 1. The van der Waals surface area contributed by atoms with Gasteiger partial charge in [0.2, 0.25) is 5.88 Å². The van der Waals surface area contributed by atoms with Gasteiger partial charge in [0.25, 0.3) is 0 Å². The van der Waals surface area contributed by atoms with E-state index in [4.69, 9.17) is 15.2 Å². The summed E-state index contributed by atoms with van der Waals surface area (Å²) in [6.07, 6.45) is 0. The Bertz CT molecular complexity index is 658. The average Bonchev–Trinajstić information content (AvgIpc) is 2.41. The summed E-state index contributed by atoms with van der Waals surface area (Å²) in [5.74, 6) is 0.559. The number of benzene rings is 1. The maximum atomic E-state index is 11.0. The first-order valence-electron chi connectivity index (χ1n) is 5.74. The van der Waals surface area contributed by atoms with E-state index in [1.165, 1.54) is 19.2 Å². The zero-order chi connectivity index (χ0) is 14.7. The highest BCUT2D eigenvalue weighted by Gasteiger charge is 2.19. The Morgan fingerprint density at radius 3 is 2.65 bits per heavy atom. The molecule has 0 saturated heterocycles. The summed E-state index contributed by atoms with van der Waals surface area (Å²) in [5.41, 5.74) is 6.75. The van der Waals surface area contributed by atoms with Crippen LogP contribution in [0.3, 0.4) is 0 Å². The normalized spacial score (nSPS) is 10.1. The van der Waals surface area contributed by atoms with Crippen LogP contribution in [0.1, 0.15) is 5.56 Å². The van der Waals surface area contributed by atoms with Crippen molar-refractivity contribution in [2.24, 2.45) is 0 Å². The van der Waals surface area contributed by atoms with E-state index in [2.05, 4.69) is 4.98 Å². The lowest BCUT2D eigenvalue weighted by atomic mass is 10.2. The van der Waals surface area contributed by atoms with E-state index in [0.29, 0.717) is 11.4 Å². The van der Waals surface area contributed by atoms with Crippen molar-refractivity contribution in [3.8, 4) is 17.5 Å². The van der Waals surface area contributed by atoms with Gasteiger partial charge in [0, 0.05) is 17.8 Å². The van der Waals surface area contributed by atoms with Gasteiger partial charge in [0.05, 0.1) is 12.0 Å². The predicted octanol–water partition coefficient (Wildman–Crippen LogP) is 2.68. The van der Waals surface area contributed by atoms with Crippen LogP contribution in [0.5, 0.6) is 17.5 Å². The molecule has 0 unspecified atom stereocenters. The fraction of sp³-hybridized carbons (Fsp3) is 0.154. The fourth-order valence-corrected chi connectivity index (χ4v) is 1.64. The molecule has 0 atom stereocenters. The van der Waals surface area contributed by atoms with Gasteiger partial charge >= 0.3 is 11.6 Å². The largest absolute Gasteiger partial charge is 0.481 e. The van der Waals surface area contributed by atoms with Crippen molar-refractivity contribution in [2.45, 2.75) is 6.92 Å². The third kappa shape index (κ3) is 2.77. The molecule has 0 bridgehead atoms. The molecule has 0 saturated carbocycles. The number of nitrogens with zero attached hydrogens (tertiary/aromatic N) is 2. The third-order valence-corrected chi connectivity index (χ3v) is 2.63. The molecule has 0 fully saturated rings. The van der Waals surface area contributed by atoms with Crippen molar-refractivity contribution in [2.75, 3.05) is 12.8 Å². The van der Waals surface area contributed by atoms with Gasteiger partial charge in [0.1, 0.15) is 5.75 Å². The summed E-state index contributed by atoms with van der Waals surface area (Å²) in [7, 11) is 1.42. The van der Waals surface area contributed by atoms with Gasteiger partial charge in [-0.3, -0.25) is 10.1 Å². The van der Waals surface area contributed by atoms with Crippen LogP contribution in [0, 0.1) is 17.0 Å². The summed E-state index contributed by atoms with van der Waals surface area (Å²) in [5, 5.41) is 11.0. The molecule has 0 aliphatic heterocycles. The highest BCUT2D eigenvalue weighted by molar-refractivity contribution is 5.50. The number of pyridine rings is 1. The predicted molar refractivity (Wildman–Crippen MR) is 73.1 cm³/mol. The molecular weight excluding hydrogens is 262 g/mol. The molecule has 20 heavy (non-hydrogen) atoms. The second-order valence-electron chi connectivity index (χ2n) is 4.06. The fourth-order valence-electron chi connectivity index (χ4n) is 1.64. The van der Waals surface area contributed by atoms with Crippen molar-refractivity contribution in [3.63, 3.8) is 0 Å². The topological polar surface area (TPSA) is 101 Å². The monoisotopic (exact) mass is 275 g/mol. The first kappa shape index (κ1) is 13.6. The van der Waals surface area contributed by atoms with Gasteiger partial charge in [0.15, 0.2) is 0 Å². The van der Waals surface area contributed by atoms with E-state index in [1.807, 2.05) is 0 Å². The Labute approximate surface area is 115 Å². The van der Waals surface area contributed by atoms with Crippen molar-refractivity contribution in [1.82, 2.24) is 4.98 Å². The smallest absolute Gasteiger partial charge is 0.331 e. The van der Waals surface area contributed by atoms with Crippen LogP contribution < -0.4 is 15.2 Å². The average molecular weight is 275 g/mol. The summed E-state index contributed by atoms with van der Waals surface area (Å²) < 4.78 is 10.5. The molecule has 0 radical (unpaired) electrons. The second-order valence-corrected chi connectivity index (χ2v) is 4.06. The van der Waals surface area contributed by atoms with Gasteiger partial charge in [-0.05, 0) is 30.7 Å². The molecule has 1 heterocycles. The van der Waals surface area contributed by atoms with E-state index in [9.17, 15) is 10.1 Å². The summed E-state index contributed by atoms with van der Waals surface area (Å²) in [4.78, 5) is 14.4. The van der Waals surface area contributed by atoms with E-state index in [1.54, 1.807) is 25.1 Å². The first-order chi connectivity index (χ1) is 9.51. The highest BCUT2D eigenvalue weighted by atomic mass is 16.6. The van der Waals surface area contributed by atoms with Crippen LogP contribution in [-0.4, -0.2) is 17.0 Å². The molecule has 1 aromatic carbocycles. The lowest BCUT2D eigenvalue weighted by molar-refractivity contribution is -0.386. The lowest BCUT2D eigenvalue weighted by Gasteiger charge is -2.09. The zero-order valence-electron chi connectivity index (χ0n) is 11.0. The molecule has 0 amide bonds. The molecule has 0 spiro atoms. The van der Waals surface area contributed by atoms with E-state index >= 15 is 0 Å². The molecule has 0 aliphatic rings. The van der Waals surface area contributed by atoms with Gasteiger partial charge in [-0.2, -0.15) is 4.98 Å². The van der Waals surface area contributed by atoms with Crippen LogP contribution in [0.15, 0.2) is 30.3 Å². The quantitative estimate of drug-likeness (QED) is 0.523. The van der Waals surface area contributed by atoms with Gasteiger partial charge in [-0.1, -0.05) is 0 Å². The molecular formula is C13H13N3O4. The second kappa shape index (κ2) is 5.43. The van der Waals surface area contributed by atoms with Crippen molar-refractivity contribution in [3.05, 3.63) is 46.0 Å². The summed E-state index contributed by atoms with van der Waals surface area (Å²) in [6, 6.07) is 7.68. The summed E-state index contributed by atoms with van der Waals surface area (Å²) >= 11 is 0. The van der Waals surface area contributed by atoms with Crippen LogP contribution in [-0.2, 0) is 0 Å². The number of anilines is 1. The Kier molecular flexibility index (Phi) is 3.69. The number of hydrogen-bond donors (Lipinski definition) is 1. The number of ether oxygens (including phenoxy) is 2. The van der Waals surface area contributed by atoms with Gasteiger partial charge in [-0.25, -0.2) is 0 Å². The number of nitro groups is 1. The maximum absolute atomic E-state index is 11.0. The van der Waals surface area contributed by atoms with E-state index in [-0.39, 0.29) is 17.4 Å². The SMILES string of the molecule is COc1ccc([N+](=O)[O-])c(Oc2ccc(N)cc2C)n1. The Morgan fingerprint density at radius 1 is 1.30 bits per heavy atom. The molecule has 1 aromatic heterocycles. The van der Waals surface area contributed by atoms with Crippen LogP contribution in [0.4, 0.5) is 11.4 Å². The molecule has 0 aliphatic carbocycles. The standard InChI is InChI=1S/C13H13N3O4/c1-8-7-9(14)3-5-11(8)20-13-10(16(17)18)4-6-12(15-13)19-2/h3-7H,14H2,1-2H3.